The Kier molecular flexibility index (Phi) is 3.82. The highest BCUT2D eigenvalue weighted by atomic mass is 16.5. The zero-order valence-corrected chi connectivity index (χ0v) is 10.8. The first kappa shape index (κ1) is 13.1. The Bertz CT molecular complexity index is 537. The Morgan fingerprint density at radius 3 is 2.79 bits per heavy atom. The molecule has 6 nitrogen and oxygen atoms in total. The lowest BCUT2D eigenvalue weighted by atomic mass is 10.2. The molecule has 2 rings (SSSR count). The van der Waals surface area contributed by atoms with Crippen LogP contribution in [0.25, 0.3) is 0 Å². The van der Waals surface area contributed by atoms with Gasteiger partial charge < -0.3 is 14.4 Å². The molecular weight excluding hydrogens is 248 g/mol. The third kappa shape index (κ3) is 2.58. The fourth-order valence-electron chi connectivity index (χ4n) is 2.09. The summed E-state index contributed by atoms with van der Waals surface area (Å²) in [6.45, 7) is 0.345. The van der Waals surface area contributed by atoms with E-state index in [0.717, 1.165) is 0 Å². The molecule has 1 heterocycles. The van der Waals surface area contributed by atoms with Gasteiger partial charge in [-0.2, -0.15) is 0 Å². The number of anilines is 1. The van der Waals surface area contributed by atoms with Gasteiger partial charge in [-0.3, -0.25) is 4.79 Å². The van der Waals surface area contributed by atoms with Crippen LogP contribution >= 0.6 is 0 Å². The van der Waals surface area contributed by atoms with Crippen molar-refractivity contribution in [2.24, 2.45) is 4.99 Å². The van der Waals surface area contributed by atoms with Gasteiger partial charge in [0.05, 0.1) is 32.4 Å². The summed E-state index contributed by atoms with van der Waals surface area (Å²) >= 11 is 0. The second kappa shape index (κ2) is 5.54. The molecule has 1 saturated heterocycles. The maximum atomic E-state index is 12.0. The molecule has 0 saturated carbocycles. The molecule has 1 unspecified atom stereocenters. The molecular formula is C13H14N2O4. The van der Waals surface area contributed by atoms with Gasteiger partial charge in [0.15, 0.2) is 0 Å². The lowest BCUT2D eigenvalue weighted by molar-refractivity contribution is -0.117. The predicted octanol–water partition coefficient (Wildman–Crippen LogP) is 1.14. The first-order valence-electron chi connectivity index (χ1n) is 5.79. The van der Waals surface area contributed by atoms with E-state index in [2.05, 4.69) is 4.99 Å². The standard InChI is InChI=1S/C13H14N2O4/c1-18-10-3-4-12(19-2)11(6-10)15-7-9(14-8-16)5-13(15)17/h3-4,6,9H,5,7H2,1-2H3. The van der Waals surface area contributed by atoms with Crippen LogP contribution in [0.4, 0.5) is 5.69 Å². The Morgan fingerprint density at radius 2 is 2.16 bits per heavy atom. The second-order valence-corrected chi connectivity index (χ2v) is 4.12. The molecule has 19 heavy (non-hydrogen) atoms. The summed E-state index contributed by atoms with van der Waals surface area (Å²) in [5.41, 5.74) is 0.621. The highest BCUT2D eigenvalue weighted by Crippen LogP contribution is 2.35. The molecule has 1 fully saturated rings. The molecule has 6 heteroatoms. The normalized spacial score (nSPS) is 18.1. The third-order valence-corrected chi connectivity index (χ3v) is 3.02. The van der Waals surface area contributed by atoms with Crippen LogP contribution in [0.3, 0.4) is 0 Å². The highest BCUT2D eigenvalue weighted by molar-refractivity contribution is 5.98. The topological polar surface area (TPSA) is 68.2 Å². The van der Waals surface area contributed by atoms with Crippen LogP contribution in [0.2, 0.25) is 0 Å². The largest absolute Gasteiger partial charge is 0.497 e. The molecule has 1 aliphatic heterocycles. The summed E-state index contributed by atoms with van der Waals surface area (Å²) in [6.07, 6.45) is 1.70. The predicted molar refractivity (Wildman–Crippen MR) is 68.4 cm³/mol. The van der Waals surface area contributed by atoms with Gasteiger partial charge in [-0.25, -0.2) is 9.79 Å². The number of hydrogen-bond donors (Lipinski definition) is 0. The fraction of sp³-hybridized carbons (Fsp3) is 0.385. The third-order valence-electron chi connectivity index (χ3n) is 3.02. The summed E-state index contributed by atoms with van der Waals surface area (Å²) in [4.78, 5) is 27.4. The number of nitrogens with zero attached hydrogens (tertiary/aromatic N) is 2. The Balaban J connectivity index is 2.35. The molecule has 1 atom stereocenters. The summed E-state index contributed by atoms with van der Waals surface area (Å²) < 4.78 is 10.4. The van der Waals surface area contributed by atoms with Crippen molar-refractivity contribution in [1.29, 1.82) is 0 Å². The number of rotatable bonds is 4. The monoisotopic (exact) mass is 262 g/mol. The van der Waals surface area contributed by atoms with Crippen molar-refractivity contribution in [1.82, 2.24) is 0 Å². The van der Waals surface area contributed by atoms with Gasteiger partial charge in [-0.05, 0) is 12.1 Å². The van der Waals surface area contributed by atoms with Gasteiger partial charge in [-0.1, -0.05) is 0 Å². The number of benzene rings is 1. The number of carbonyl (C=O) groups is 1. The molecule has 0 N–H and O–H groups in total. The van der Waals surface area contributed by atoms with E-state index in [0.29, 0.717) is 23.7 Å². The van der Waals surface area contributed by atoms with Gasteiger partial charge in [0.2, 0.25) is 12.0 Å². The van der Waals surface area contributed by atoms with E-state index in [9.17, 15) is 9.59 Å². The van der Waals surface area contributed by atoms with E-state index in [1.165, 1.54) is 13.2 Å². The van der Waals surface area contributed by atoms with Crippen LogP contribution in [0.5, 0.6) is 11.5 Å². The van der Waals surface area contributed by atoms with Crippen LogP contribution in [-0.2, 0) is 9.59 Å². The van der Waals surface area contributed by atoms with Crippen molar-refractivity contribution in [3.63, 3.8) is 0 Å². The van der Waals surface area contributed by atoms with E-state index >= 15 is 0 Å². The van der Waals surface area contributed by atoms with Gasteiger partial charge in [0.25, 0.3) is 0 Å². The number of methoxy groups -OCH3 is 2. The highest BCUT2D eigenvalue weighted by Gasteiger charge is 2.32. The molecule has 0 bridgehead atoms. The van der Waals surface area contributed by atoms with Crippen molar-refractivity contribution in [3.8, 4) is 11.5 Å². The van der Waals surface area contributed by atoms with Crippen LogP contribution in [0.1, 0.15) is 6.42 Å². The van der Waals surface area contributed by atoms with Crippen LogP contribution in [0, 0.1) is 0 Å². The minimum atomic E-state index is -0.346. The summed E-state index contributed by atoms with van der Waals surface area (Å²) in [5, 5.41) is 0. The minimum Gasteiger partial charge on any atom is -0.497 e. The van der Waals surface area contributed by atoms with E-state index in [-0.39, 0.29) is 18.4 Å². The maximum Gasteiger partial charge on any atom is 0.235 e. The lowest BCUT2D eigenvalue weighted by Gasteiger charge is -2.19. The average Bonchev–Trinajstić information content (AvgIpc) is 2.79. The Labute approximate surface area is 110 Å². The maximum absolute atomic E-state index is 12.0. The molecule has 0 radical (unpaired) electrons. The van der Waals surface area contributed by atoms with E-state index in [1.54, 1.807) is 30.2 Å². The van der Waals surface area contributed by atoms with Crippen molar-refractivity contribution in [2.75, 3.05) is 25.7 Å². The van der Waals surface area contributed by atoms with E-state index in [4.69, 9.17) is 9.47 Å². The molecule has 1 aromatic carbocycles. The molecule has 1 amide bonds. The van der Waals surface area contributed by atoms with Gasteiger partial charge in [0, 0.05) is 12.6 Å². The van der Waals surface area contributed by atoms with Crippen LogP contribution in [0.15, 0.2) is 23.2 Å². The zero-order chi connectivity index (χ0) is 13.8. The summed E-state index contributed by atoms with van der Waals surface area (Å²) in [5.74, 6) is 1.10. The van der Waals surface area contributed by atoms with Crippen LogP contribution < -0.4 is 14.4 Å². The smallest absolute Gasteiger partial charge is 0.235 e. The first-order valence-corrected chi connectivity index (χ1v) is 5.79. The number of carbonyl (C=O) groups excluding carboxylic acids is 2. The van der Waals surface area contributed by atoms with Crippen molar-refractivity contribution < 1.29 is 19.1 Å². The minimum absolute atomic E-state index is 0.101. The lowest BCUT2D eigenvalue weighted by Crippen LogP contribution is -2.25. The van der Waals surface area contributed by atoms with Crippen molar-refractivity contribution in [3.05, 3.63) is 18.2 Å². The van der Waals surface area contributed by atoms with Crippen molar-refractivity contribution in [2.45, 2.75) is 12.5 Å². The number of isocyanates is 1. The van der Waals surface area contributed by atoms with Gasteiger partial charge in [0.1, 0.15) is 11.5 Å². The molecule has 1 aliphatic rings. The summed E-state index contributed by atoms with van der Waals surface area (Å²) in [7, 11) is 3.09. The Morgan fingerprint density at radius 1 is 1.37 bits per heavy atom. The summed E-state index contributed by atoms with van der Waals surface area (Å²) in [6, 6.07) is 4.87. The van der Waals surface area contributed by atoms with Crippen LogP contribution in [-0.4, -0.2) is 38.8 Å². The number of amides is 1. The average molecular weight is 262 g/mol. The fourth-order valence-corrected chi connectivity index (χ4v) is 2.09. The molecule has 0 aliphatic carbocycles. The van der Waals surface area contributed by atoms with E-state index in [1.807, 2.05) is 0 Å². The number of ether oxygens (including phenoxy) is 2. The first-order chi connectivity index (χ1) is 9.19. The molecule has 0 spiro atoms. The molecule has 100 valence electrons. The molecule has 0 aromatic heterocycles. The number of hydrogen-bond acceptors (Lipinski definition) is 5. The van der Waals surface area contributed by atoms with Crippen molar-refractivity contribution >= 4 is 17.7 Å². The van der Waals surface area contributed by atoms with E-state index < -0.39 is 0 Å². The SMILES string of the molecule is COc1ccc(OC)c(N2CC(N=C=O)CC2=O)c1. The molecule has 1 aromatic rings. The second-order valence-electron chi connectivity index (χ2n) is 4.12. The number of aliphatic imine (C=N–C) groups is 1. The zero-order valence-electron chi connectivity index (χ0n) is 10.8. The Hall–Kier alpha value is -2.33. The quantitative estimate of drug-likeness (QED) is 0.603. The van der Waals surface area contributed by atoms with Gasteiger partial charge >= 0.3 is 0 Å². The van der Waals surface area contributed by atoms with Gasteiger partial charge in [-0.15, -0.1) is 0 Å².